The van der Waals surface area contributed by atoms with Crippen molar-refractivity contribution in [2.45, 2.75) is 6.92 Å². The monoisotopic (exact) mass is 154 g/mol. The summed E-state index contributed by atoms with van der Waals surface area (Å²) in [6.07, 6.45) is 2.92. The zero-order chi connectivity index (χ0) is 8.27. The maximum Gasteiger partial charge on any atom is 0.246 e. The summed E-state index contributed by atoms with van der Waals surface area (Å²) in [5.41, 5.74) is 5.25. The maximum absolute atomic E-state index is 11.1. The van der Waals surface area contributed by atoms with Crippen LogP contribution in [-0.2, 0) is 0 Å². The molecule has 4 heteroatoms. The lowest BCUT2D eigenvalue weighted by molar-refractivity contribution is 0.336. The van der Waals surface area contributed by atoms with Crippen LogP contribution in [0.5, 0.6) is 5.75 Å². The molecule has 0 aliphatic carbocycles. The van der Waals surface area contributed by atoms with E-state index in [2.05, 4.69) is 4.98 Å². The molecule has 0 aromatic carbocycles. The van der Waals surface area contributed by atoms with Crippen LogP contribution in [0.4, 0.5) is 5.69 Å². The van der Waals surface area contributed by atoms with Gasteiger partial charge in [0.2, 0.25) is 5.43 Å². The molecule has 0 radical (unpaired) electrons. The number of aromatic nitrogens is 1. The Kier molecular flexibility index (Phi) is 2.15. The first-order valence-corrected chi connectivity index (χ1v) is 3.35. The van der Waals surface area contributed by atoms with Gasteiger partial charge in [0.05, 0.1) is 12.3 Å². The normalized spacial score (nSPS) is 9.55. The molecule has 3 N–H and O–H groups in total. The Morgan fingerprint density at radius 2 is 2.36 bits per heavy atom. The molecular weight excluding hydrogens is 144 g/mol. The van der Waals surface area contributed by atoms with Gasteiger partial charge in [0.25, 0.3) is 0 Å². The molecule has 0 unspecified atom stereocenters. The highest BCUT2D eigenvalue weighted by atomic mass is 16.5. The van der Waals surface area contributed by atoms with Crippen molar-refractivity contribution in [3.05, 3.63) is 22.6 Å². The molecule has 1 rings (SSSR count). The number of hydrogen-bond donors (Lipinski definition) is 2. The van der Waals surface area contributed by atoms with Crippen LogP contribution in [0.25, 0.3) is 0 Å². The Morgan fingerprint density at radius 3 is 3.00 bits per heavy atom. The first-order chi connectivity index (χ1) is 5.25. The molecule has 0 aliphatic rings. The highest BCUT2D eigenvalue weighted by Gasteiger charge is 2.00. The number of nitrogens with one attached hydrogen (secondary N) is 1. The summed E-state index contributed by atoms with van der Waals surface area (Å²) in [6, 6.07) is 0. The van der Waals surface area contributed by atoms with Gasteiger partial charge in [-0.3, -0.25) is 4.79 Å². The number of hydrogen-bond acceptors (Lipinski definition) is 3. The van der Waals surface area contributed by atoms with E-state index < -0.39 is 0 Å². The highest BCUT2D eigenvalue weighted by Crippen LogP contribution is 2.02. The number of nitrogen functional groups attached to an aromatic ring is 1. The van der Waals surface area contributed by atoms with Gasteiger partial charge in [0.15, 0.2) is 5.75 Å². The largest absolute Gasteiger partial charge is 0.488 e. The second-order valence-corrected chi connectivity index (χ2v) is 2.04. The lowest BCUT2D eigenvalue weighted by atomic mass is 10.4. The number of nitrogens with two attached hydrogens (primary N) is 1. The summed E-state index contributed by atoms with van der Waals surface area (Å²) in [6.45, 7) is 2.27. The van der Waals surface area contributed by atoms with E-state index in [1.165, 1.54) is 12.4 Å². The van der Waals surface area contributed by atoms with Gasteiger partial charge in [-0.1, -0.05) is 0 Å². The lowest BCUT2D eigenvalue weighted by Gasteiger charge is -2.00. The van der Waals surface area contributed by atoms with Crippen LogP contribution in [0.2, 0.25) is 0 Å². The molecule has 4 nitrogen and oxygen atoms in total. The predicted molar refractivity (Wildman–Crippen MR) is 42.6 cm³/mol. The third-order valence-electron chi connectivity index (χ3n) is 1.24. The molecule has 11 heavy (non-hydrogen) atoms. The van der Waals surface area contributed by atoms with Crippen LogP contribution in [-0.4, -0.2) is 11.6 Å². The molecule has 0 saturated heterocycles. The predicted octanol–water partition coefficient (Wildman–Crippen LogP) is 0.356. The van der Waals surface area contributed by atoms with Gasteiger partial charge in [0.1, 0.15) is 0 Å². The first kappa shape index (κ1) is 7.65. The van der Waals surface area contributed by atoms with Crippen molar-refractivity contribution in [1.29, 1.82) is 0 Å². The van der Waals surface area contributed by atoms with Crippen LogP contribution in [0.15, 0.2) is 17.2 Å². The third-order valence-corrected chi connectivity index (χ3v) is 1.24. The van der Waals surface area contributed by atoms with E-state index in [1.54, 1.807) is 0 Å². The van der Waals surface area contributed by atoms with Crippen molar-refractivity contribution in [3.8, 4) is 5.75 Å². The molecule has 0 spiro atoms. The number of anilines is 1. The molecule has 60 valence electrons. The molecule has 0 saturated carbocycles. The quantitative estimate of drug-likeness (QED) is 0.646. The van der Waals surface area contributed by atoms with Gasteiger partial charge in [-0.25, -0.2) is 0 Å². The molecule has 0 fully saturated rings. The fourth-order valence-corrected chi connectivity index (χ4v) is 0.743. The standard InChI is InChI=1S/C7H10N2O2/c1-2-11-6-4-9-3-5(8)7(6)10/h3-4H,2,8H2,1H3,(H,9,10). The number of H-pyrrole nitrogens is 1. The molecule has 0 amide bonds. The Balaban J connectivity index is 3.07. The molecule has 0 aliphatic heterocycles. The van der Waals surface area contributed by atoms with Crippen molar-refractivity contribution in [3.63, 3.8) is 0 Å². The fourth-order valence-electron chi connectivity index (χ4n) is 0.743. The van der Waals surface area contributed by atoms with E-state index in [9.17, 15) is 4.79 Å². The van der Waals surface area contributed by atoms with Crippen molar-refractivity contribution < 1.29 is 4.74 Å². The second-order valence-electron chi connectivity index (χ2n) is 2.04. The highest BCUT2D eigenvalue weighted by molar-refractivity contribution is 5.39. The summed E-state index contributed by atoms with van der Waals surface area (Å²) in [7, 11) is 0. The number of ether oxygens (including phenoxy) is 1. The molecule has 0 atom stereocenters. The zero-order valence-corrected chi connectivity index (χ0v) is 6.26. The van der Waals surface area contributed by atoms with Crippen LogP contribution < -0.4 is 15.9 Å². The van der Waals surface area contributed by atoms with Crippen molar-refractivity contribution in [2.24, 2.45) is 0 Å². The summed E-state index contributed by atoms with van der Waals surface area (Å²) >= 11 is 0. The minimum absolute atomic E-state index is 0.177. The van der Waals surface area contributed by atoms with Crippen molar-refractivity contribution >= 4 is 5.69 Å². The van der Waals surface area contributed by atoms with Gasteiger partial charge in [-0.05, 0) is 6.92 Å². The first-order valence-electron chi connectivity index (χ1n) is 3.35. The Hall–Kier alpha value is -1.45. The zero-order valence-electron chi connectivity index (χ0n) is 6.26. The summed E-state index contributed by atoms with van der Waals surface area (Å²) in [4.78, 5) is 13.8. The van der Waals surface area contributed by atoms with E-state index in [4.69, 9.17) is 10.5 Å². The van der Waals surface area contributed by atoms with E-state index in [-0.39, 0.29) is 16.9 Å². The van der Waals surface area contributed by atoms with Crippen LogP contribution in [0.1, 0.15) is 6.92 Å². The Morgan fingerprint density at radius 1 is 1.64 bits per heavy atom. The van der Waals surface area contributed by atoms with E-state index in [0.717, 1.165) is 0 Å². The van der Waals surface area contributed by atoms with Gasteiger partial charge >= 0.3 is 0 Å². The lowest BCUT2D eigenvalue weighted by Crippen LogP contribution is -2.12. The average Bonchev–Trinajstić information content (AvgIpc) is 1.99. The van der Waals surface area contributed by atoms with Crippen molar-refractivity contribution in [2.75, 3.05) is 12.3 Å². The summed E-state index contributed by atoms with van der Waals surface area (Å²) < 4.78 is 4.99. The van der Waals surface area contributed by atoms with Crippen LogP contribution in [0, 0.1) is 0 Å². The van der Waals surface area contributed by atoms with E-state index in [0.29, 0.717) is 6.61 Å². The van der Waals surface area contributed by atoms with E-state index in [1.807, 2.05) is 6.92 Å². The minimum atomic E-state index is -0.259. The van der Waals surface area contributed by atoms with Crippen LogP contribution in [0.3, 0.4) is 0 Å². The Labute approximate surface area is 64.0 Å². The van der Waals surface area contributed by atoms with Gasteiger partial charge in [-0.2, -0.15) is 0 Å². The molecule has 1 heterocycles. The minimum Gasteiger partial charge on any atom is -0.488 e. The van der Waals surface area contributed by atoms with Crippen LogP contribution >= 0.6 is 0 Å². The SMILES string of the molecule is CCOc1c[nH]cc(N)c1=O. The average molecular weight is 154 g/mol. The number of pyridine rings is 1. The number of aromatic amines is 1. The van der Waals surface area contributed by atoms with E-state index >= 15 is 0 Å². The maximum atomic E-state index is 11.1. The Bertz CT molecular complexity index is 293. The van der Waals surface area contributed by atoms with Gasteiger partial charge < -0.3 is 15.5 Å². The fraction of sp³-hybridized carbons (Fsp3) is 0.286. The second kappa shape index (κ2) is 3.09. The van der Waals surface area contributed by atoms with Crippen molar-refractivity contribution in [1.82, 2.24) is 4.98 Å². The topological polar surface area (TPSA) is 68.1 Å². The van der Waals surface area contributed by atoms with Gasteiger partial charge in [0, 0.05) is 12.4 Å². The third kappa shape index (κ3) is 1.52. The van der Waals surface area contributed by atoms with Gasteiger partial charge in [-0.15, -0.1) is 0 Å². The molecular formula is C7H10N2O2. The summed E-state index contributed by atoms with van der Waals surface area (Å²) in [5.74, 6) is 0.271. The molecule has 1 aromatic rings. The molecule has 0 bridgehead atoms. The summed E-state index contributed by atoms with van der Waals surface area (Å²) in [5, 5.41) is 0. The number of rotatable bonds is 2. The molecule has 1 aromatic heterocycles. The smallest absolute Gasteiger partial charge is 0.246 e.